The number of nitrogens with one attached hydrogen (secondary N) is 1. The van der Waals surface area contributed by atoms with E-state index in [1.807, 2.05) is 6.07 Å². The molecule has 10 heteroatoms. The topological polar surface area (TPSA) is 71.3 Å². The van der Waals surface area contributed by atoms with Crippen LogP contribution in [0.1, 0.15) is 37.9 Å². The Bertz CT molecular complexity index is 1330. The Morgan fingerprint density at radius 1 is 1.00 bits per heavy atom. The molecule has 2 aromatic heterocycles. The average Bonchev–Trinajstić information content (AvgIpc) is 3.37. The van der Waals surface area contributed by atoms with Gasteiger partial charge in [-0.3, -0.25) is 9.47 Å². The van der Waals surface area contributed by atoms with Crippen molar-refractivity contribution in [3.63, 3.8) is 0 Å². The molecule has 2 fully saturated rings. The fraction of sp³-hybridized carbons (Fsp3) is 0.483. The van der Waals surface area contributed by atoms with Crippen LogP contribution in [0.4, 0.5) is 20.5 Å². The minimum absolute atomic E-state index is 0.337. The summed E-state index contributed by atoms with van der Waals surface area (Å²) < 4.78 is 35.1. The highest BCUT2D eigenvalue weighted by Crippen LogP contribution is 2.30. The second kappa shape index (κ2) is 12.4. The third kappa shape index (κ3) is 6.13. The molecule has 0 spiro atoms. The molecule has 5 rings (SSSR count). The van der Waals surface area contributed by atoms with Crippen molar-refractivity contribution in [3.05, 3.63) is 36.2 Å². The van der Waals surface area contributed by atoms with Crippen LogP contribution in [0.25, 0.3) is 16.9 Å². The lowest BCUT2D eigenvalue weighted by atomic mass is 9.85. The zero-order valence-electron chi connectivity index (χ0n) is 21.9. The van der Waals surface area contributed by atoms with Gasteiger partial charge in [-0.25, -0.2) is 13.8 Å². The summed E-state index contributed by atoms with van der Waals surface area (Å²) in [6.45, 7) is 4.31. The van der Waals surface area contributed by atoms with Gasteiger partial charge in [0, 0.05) is 31.7 Å². The van der Waals surface area contributed by atoms with E-state index in [0.717, 1.165) is 25.7 Å². The molecule has 1 N–H and O–H groups in total. The number of rotatable bonds is 9. The van der Waals surface area contributed by atoms with Crippen LogP contribution in [0.2, 0.25) is 0 Å². The van der Waals surface area contributed by atoms with E-state index in [2.05, 4.69) is 31.9 Å². The van der Waals surface area contributed by atoms with Crippen molar-refractivity contribution in [1.29, 1.82) is 0 Å². The Hall–Kier alpha value is -3.73. The molecule has 3 heterocycles. The van der Waals surface area contributed by atoms with Crippen LogP contribution < -0.4 is 10.2 Å². The van der Waals surface area contributed by atoms with Gasteiger partial charge in [0.1, 0.15) is 11.6 Å². The fourth-order valence-corrected chi connectivity index (χ4v) is 5.50. The maximum Gasteiger partial charge on any atom is 0.296 e. The molecule has 39 heavy (non-hydrogen) atoms. The molecular formula is C29H33F2N7O. The van der Waals surface area contributed by atoms with Gasteiger partial charge in [0.2, 0.25) is 5.95 Å². The van der Waals surface area contributed by atoms with E-state index >= 15 is 0 Å². The summed E-state index contributed by atoms with van der Waals surface area (Å²) in [4.78, 5) is 18.0. The normalized spacial score (nSPS) is 19.8. The van der Waals surface area contributed by atoms with Crippen molar-refractivity contribution >= 4 is 22.8 Å². The number of halogens is 2. The largest absolute Gasteiger partial charge is 0.378 e. The third-order valence-corrected chi connectivity index (χ3v) is 7.52. The molecule has 1 aromatic carbocycles. The summed E-state index contributed by atoms with van der Waals surface area (Å²) in [6.07, 6.45) is 12.4. The number of aromatic nitrogens is 4. The van der Waals surface area contributed by atoms with E-state index in [-0.39, 0.29) is 5.82 Å². The standard InChI is InChI=1S/C29H33F2N7O/c1-3-13-36(14-4-2)22-11-9-21(10-12-22)20-32-29-34-25(37-15-17-39-18-16-37)19-26(35-29)38-24-8-6-5-7-23(24)33-28(38)27(30)31/h1-2,5-8,19,21-22,27H,9-18,20H2,(H,32,34,35)/t21-,22-. The molecule has 0 unspecified atom stereocenters. The first-order chi connectivity index (χ1) is 19.1. The summed E-state index contributed by atoms with van der Waals surface area (Å²) in [5, 5.41) is 3.41. The zero-order valence-corrected chi connectivity index (χ0v) is 21.9. The number of anilines is 2. The number of hydrogen-bond donors (Lipinski definition) is 1. The van der Waals surface area contributed by atoms with Gasteiger partial charge in [0.25, 0.3) is 6.43 Å². The Kier molecular flexibility index (Phi) is 8.55. The van der Waals surface area contributed by atoms with Crippen molar-refractivity contribution in [1.82, 2.24) is 24.4 Å². The number of ether oxygens (including phenoxy) is 1. The molecule has 204 valence electrons. The van der Waals surface area contributed by atoms with E-state index in [4.69, 9.17) is 27.6 Å². The Balaban J connectivity index is 1.38. The summed E-state index contributed by atoms with van der Waals surface area (Å²) in [6, 6.07) is 9.25. The van der Waals surface area contributed by atoms with E-state index in [1.165, 1.54) is 4.57 Å². The van der Waals surface area contributed by atoms with Gasteiger partial charge in [-0.05, 0) is 43.7 Å². The molecule has 1 aliphatic heterocycles. The predicted octanol–water partition coefficient (Wildman–Crippen LogP) is 4.13. The first-order valence-electron chi connectivity index (χ1n) is 13.4. The van der Waals surface area contributed by atoms with Gasteiger partial charge >= 0.3 is 0 Å². The quantitative estimate of drug-likeness (QED) is 0.415. The number of terminal acetylenes is 2. The second-order valence-corrected chi connectivity index (χ2v) is 9.97. The Morgan fingerprint density at radius 2 is 1.69 bits per heavy atom. The van der Waals surface area contributed by atoms with Crippen LogP contribution >= 0.6 is 0 Å². The number of alkyl halides is 2. The molecule has 0 radical (unpaired) electrons. The van der Waals surface area contributed by atoms with Gasteiger partial charge in [-0.15, -0.1) is 12.8 Å². The van der Waals surface area contributed by atoms with Gasteiger partial charge in [-0.2, -0.15) is 9.97 Å². The number of para-hydroxylation sites is 2. The Labute approximate surface area is 227 Å². The van der Waals surface area contributed by atoms with Crippen LogP contribution in [0.15, 0.2) is 30.3 Å². The summed E-state index contributed by atoms with van der Waals surface area (Å²) in [5.74, 6) is 6.97. The molecular weight excluding hydrogens is 500 g/mol. The summed E-state index contributed by atoms with van der Waals surface area (Å²) in [5.41, 5.74) is 1.07. The number of hydrogen-bond acceptors (Lipinski definition) is 7. The van der Waals surface area contributed by atoms with Crippen LogP contribution in [0.5, 0.6) is 0 Å². The smallest absolute Gasteiger partial charge is 0.296 e. The van der Waals surface area contributed by atoms with Gasteiger partial charge in [0.05, 0.1) is 37.3 Å². The summed E-state index contributed by atoms with van der Waals surface area (Å²) >= 11 is 0. The van der Waals surface area contributed by atoms with Crippen LogP contribution in [0.3, 0.4) is 0 Å². The number of morpholine rings is 1. The summed E-state index contributed by atoms with van der Waals surface area (Å²) in [7, 11) is 0. The molecule has 0 atom stereocenters. The van der Waals surface area contributed by atoms with E-state index in [0.29, 0.717) is 86.5 Å². The fourth-order valence-electron chi connectivity index (χ4n) is 5.50. The number of fused-ring (bicyclic) bond motifs is 1. The van der Waals surface area contributed by atoms with E-state index < -0.39 is 6.43 Å². The highest BCUT2D eigenvalue weighted by molar-refractivity contribution is 5.78. The second-order valence-electron chi connectivity index (χ2n) is 9.97. The maximum absolute atomic E-state index is 14.1. The van der Waals surface area contributed by atoms with Crippen LogP contribution in [-0.4, -0.2) is 76.4 Å². The number of imidazole rings is 1. The van der Waals surface area contributed by atoms with Crippen LogP contribution in [-0.2, 0) is 4.74 Å². The lowest BCUT2D eigenvalue weighted by Crippen LogP contribution is -2.39. The van der Waals surface area contributed by atoms with Gasteiger partial charge < -0.3 is 15.0 Å². The lowest BCUT2D eigenvalue weighted by Gasteiger charge is -2.35. The molecule has 2 aliphatic rings. The highest BCUT2D eigenvalue weighted by atomic mass is 19.3. The van der Waals surface area contributed by atoms with E-state index in [9.17, 15) is 8.78 Å². The molecule has 1 aliphatic carbocycles. The Morgan fingerprint density at radius 3 is 2.38 bits per heavy atom. The average molecular weight is 534 g/mol. The van der Waals surface area contributed by atoms with Crippen molar-refractivity contribution in [2.24, 2.45) is 5.92 Å². The lowest BCUT2D eigenvalue weighted by molar-refractivity contribution is 0.122. The molecule has 1 saturated heterocycles. The molecule has 3 aromatic rings. The minimum atomic E-state index is -2.76. The molecule has 0 bridgehead atoms. The molecule has 0 amide bonds. The monoisotopic (exact) mass is 533 g/mol. The zero-order chi connectivity index (χ0) is 27.2. The SMILES string of the molecule is C#CCN(CC#C)[C@H]1CC[C@H](CNc2nc(N3CCOCC3)cc(-n3c(C(F)F)nc4ccccc43)n2)CC1. The van der Waals surface area contributed by atoms with E-state index in [1.54, 1.807) is 24.3 Å². The van der Waals surface area contributed by atoms with Crippen molar-refractivity contribution < 1.29 is 13.5 Å². The number of benzene rings is 1. The van der Waals surface area contributed by atoms with Gasteiger partial charge in [-0.1, -0.05) is 24.0 Å². The van der Waals surface area contributed by atoms with Crippen molar-refractivity contribution in [2.45, 2.75) is 38.2 Å². The maximum atomic E-state index is 14.1. The molecule has 1 saturated carbocycles. The third-order valence-electron chi connectivity index (χ3n) is 7.52. The first kappa shape index (κ1) is 26.9. The van der Waals surface area contributed by atoms with Gasteiger partial charge in [0.15, 0.2) is 5.82 Å². The van der Waals surface area contributed by atoms with Crippen molar-refractivity contribution in [2.75, 3.05) is 56.2 Å². The first-order valence-corrected chi connectivity index (χ1v) is 13.4. The number of nitrogens with zero attached hydrogens (tertiary/aromatic N) is 6. The highest BCUT2D eigenvalue weighted by Gasteiger charge is 2.26. The molecule has 8 nitrogen and oxygen atoms in total. The van der Waals surface area contributed by atoms with Crippen molar-refractivity contribution in [3.8, 4) is 30.5 Å². The minimum Gasteiger partial charge on any atom is -0.378 e. The van der Waals surface area contributed by atoms with Crippen LogP contribution in [0, 0.1) is 30.6 Å². The predicted molar refractivity (Wildman–Crippen MR) is 148 cm³/mol.